The lowest BCUT2D eigenvalue weighted by molar-refractivity contribution is 0.446. The standard InChI is InChI=1S/C15H21F/c1-6-12-13(11(2)10-16)8-7-9-14(12)15(3,4)5/h6-9,11H,1,10H2,2-5H3. The highest BCUT2D eigenvalue weighted by Crippen LogP contribution is 2.32. The van der Waals surface area contributed by atoms with E-state index in [1.54, 1.807) is 0 Å². The van der Waals surface area contributed by atoms with Gasteiger partial charge in [0.05, 0.1) is 6.67 Å². The molecule has 0 amide bonds. The fraction of sp³-hybridized carbons (Fsp3) is 0.467. The van der Waals surface area contributed by atoms with Gasteiger partial charge in [-0.15, -0.1) is 0 Å². The summed E-state index contributed by atoms with van der Waals surface area (Å²) in [5, 5.41) is 0. The van der Waals surface area contributed by atoms with Gasteiger partial charge in [-0.3, -0.25) is 4.39 Å². The molecule has 0 N–H and O–H groups in total. The number of alkyl halides is 1. The molecule has 1 rings (SSSR count). The van der Waals surface area contributed by atoms with Gasteiger partial charge in [-0.05, 0) is 22.1 Å². The summed E-state index contributed by atoms with van der Waals surface area (Å²) < 4.78 is 12.8. The topological polar surface area (TPSA) is 0 Å². The van der Waals surface area contributed by atoms with E-state index in [0.717, 1.165) is 11.1 Å². The second-order valence-corrected chi connectivity index (χ2v) is 5.32. The Bertz CT molecular complexity index is 372. The van der Waals surface area contributed by atoms with Crippen molar-refractivity contribution in [2.75, 3.05) is 6.67 Å². The van der Waals surface area contributed by atoms with Crippen molar-refractivity contribution in [1.29, 1.82) is 0 Å². The van der Waals surface area contributed by atoms with E-state index < -0.39 is 0 Å². The molecule has 1 atom stereocenters. The monoisotopic (exact) mass is 220 g/mol. The summed E-state index contributed by atoms with van der Waals surface area (Å²) in [5.41, 5.74) is 3.46. The van der Waals surface area contributed by atoms with Crippen LogP contribution >= 0.6 is 0 Å². The minimum absolute atomic E-state index is 0.0599. The Morgan fingerprint density at radius 3 is 2.44 bits per heavy atom. The third-order valence-electron chi connectivity index (χ3n) is 2.91. The highest BCUT2D eigenvalue weighted by atomic mass is 19.1. The predicted octanol–water partition coefficient (Wildman–Crippen LogP) is 4.70. The summed E-state index contributed by atoms with van der Waals surface area (Å²) in [6.07, 6.45) is 1.85. The molecule has 16 heavy (non-hydrogen) atoms. The van der Waals surface area contributed by atoms with Crippen LogP contribution in [0.3, 0.4) is 0 Å². The van der Waals surface area contributed by atoms with Crippen LogP contribution in [0.25, 0.3) is 6.08 Å². The van der Waals surface area contributed by atoms with Gasteiger partial charge in [-0.2, -0.15) is 0 Å². The molecule has 0 aliphatic heterocycles. The molecule has 1 unspecified atom stereocenters. The van der Waals surface area contributed by atoms with Crippen molar-refractivity contribution < 1.29 is 4.39 Å². The van der Waals surface area contributed by atoms with Crippen LogP contribution < -0.4 is 0 Å². The Balaban J connectivity index is 3.38. The van der Waals surface area contributed by atoms with Crippen molar-refractivity contribution in [1.82, 2.24) is 0 Å². The first-order valence-electron chi connectivity index (χ1n) is 5.73. The molecule has 0 bridgehead atoms. The van der Waals surface area contributed by atoms with Crippen LogP contribution in [0.5, 0.6) is 0 Å². The van der Waals surface area contributed by atoms with E-state index in [1.165, 1.54) is 5.56 Å². The number of rotatable bonds is 3. The third kappa shape index (κ3) is 2.52. The normalized spacial score (nSPS) is 13.6. The van der Waals surface area contributed by atoms with Crippen molar-refractivity contribution in [3.63, 3.8) is 0 Å². The van der Waals surface area contributed by atoms with E-state index in [0.29, 0.717) is 0 Å². The molecule has 1 heteroatoms. The molecule has 0 nitrogen and oxygen atoms in total. The van der Waals surface area contributed by atoms with Crippen LogP contribution in [0.1, 0.15) is 50.3 Å². The van der Waals surface area contributed by atoms with Crippen LogP contribution in [0.2, 0.25) is 0 Å². The van der Waals surface area contributed by atoms with Gasteiger partial charge in [0.2, 0.25) is 0 Å². The maximum absolute atomic E-state index is 12.8. The number of hydrogen-bond donors (Lipinski definition) is 0. The van der Waals surface area contributed by atoms with Gasteiger partial charge < -0.3 is 0 Å². The van der Waals surface area contributed by atoms with E-state index in [-0.39, 0.29) is 18.0 Å². The van der Waals surface area contributed by atoms with Crippen LogP contribution in [-0.4, -0.2) is 6.67 Å². The van der Waals surface area contributed by atoms with Gasteiger partial charge in [-0.1, -0.05) is 58.5 Å². The summed E-state index contributed by atoms with van der Waals surface area (Å²) in [6, 6.07) is 6.11. The van der Waals surface area contributed by atoms with E-state index in [4.69, 9.17) is 0 Å². The minimum atomic E-state index is -0.325. The molecule has 1 aromatic carbocycles. The number of halogens is 1. The maximum Gasteiger partial charge on any atom is 0.0960 e. The maximum atomic E-state index is 12.8. The summed E-state index contributed by atoms with van der Waals surface area (Å²) in [7, 11) is 0. The molecular weight excluding hydrogens is 199 g/mol. The Morgan fingerprint density at radius 2 is 2.00 bits per heavy atom. The van der Waals surface area contributed by atoms with E-state index in [9.17, 15) is 4.39 Å². The van der Waals surface area contributed by atoms with Crippen LogP contribution in [0.4, 0.5) is 4.39 Å². The van der Waals surface area contributed by atoms with Gasteiger partial charge in [-0.25, -0.2) is 0 Å². The first kappa shape index (κ1) is 13.0. The number of hydrogen-bond acceptors (Lipinski definition) is 0. The molecule has 88 valence electrons. The molecule has 0 saturated carbocycles. The molecule has 0 radical (unpaired) electrons. The average molecular weight is 220 g/mol. The number of benzene rings is 1. The van der Waals surface area contributed by atoms with Crippen molar-refractivity contribution in [2.45, 2.75) is 39.0 Å². The zero-order chi connectivity index (χ0) is 12.3. The molecular formula is C15H21F. The highest BCUT2D eigenvalue weighted by Gasteiger charge is 2.20. The quantitative estimate of drug-likeness (QED) is 0.692. The third-order valence-corrected chi connectivity index (χ3v) is 2.91. The molecule has 0 fully saturated rings. The largest absolute Gasteiger partial charge is 0.250 e. The second kappa shape index (κ2) is 4.82. The molecule has 0 aromatic heterocycles. The predicted molar refractivity (Wildman–Crippen MR) is 69.6 cm³/mol. The fourth-order valence-corrected chi connectivity index (χ4v) is 1.98. The van der Waals surface area contributed by atoms with E-state index >= 15 is 0 Å². The Labute approximate surface area is 98.2 Å². The molecule has 0 saturated heterocycles. The van der Waals surface area contributed by atoms with E-state index in [1.807, 2.05) is 25.1 Å². The SMILES string of the molecule is C=Cc1c(C(C)CF)cccc1C(C)(C)C. The lowest BCUT2D eigenvalue weighted by Crippen LogP contribution is -2.15. The Kier molecular flexibility index (Phi) is 3.90. The van der Waals surface area contributed by atoms with Gasteiger partial charge in [0.25, 0.3) is 0 Å². The van der Waals surface area contributed by atoms with Crippen molar-refractivity contribution in [3.05, 3.63) is 41.5 Å². The zero-order valence-electron chi connectivity index (χ0n) is 10.7. The Hall–Kier alpha value is -1.11. The van der Waals surface area contributed by atoms with Gasteiger partial charge in [0.1, 0.15) is 0 Å². The van der Waals surface area contributed by atoms with Crippen LogP contribution in [0, 0.1) is 0 Å². The summed E-state index contributed by atoms with van der Waals surface area (Å²) >= 11 is 0. The summed E-state index contributed by atoms with van der Waals surface area (Å²) in [6.45, 7) is 11.9. The van der Waals surface area contributed by atoms with Crippen molar-refractivity contribution >= 4 is 6.08 Å². The molecule has 0 aliphatic carbocycles. The summed E-state index contributed by atoms with van der Waals surface area (Å²) in [4.78, 5) is 0. The average Bonchev–Trinajstić information content (AvgIpc) is 2.25. The molecule has 0 heterocycles. The minimum Gasteiger partial charge on any atom is -0.250 e. The highest BCUT2D eigenvalue weighted by molar-refractivity contribution is 5.59. The molecule has 1 aromatic rings. The summed E-state index contributed by atoms with van der Waals surface area (Å²) in [5.74, 6) is -0.0599. The van der Waals surface area contributed by atoms with E-state index in [2.05, 4.69) is 33.4 Å². The van der Waals surface area contributed by atoms with Crippen LogP contribution in [0.15, 0.2) is 24.8 Å². The first-order chi connectivity index (χ1) is 7.41. The Morgan fingerprint density at radius 1 is 1.38 bits per heavy atom. The smallest absolute Gasteiger partial charge is 0.0960 e. The zero-order valence-corrected chi connectivity index (χ0v) is 10.7. The first-order valence-corrected chi connectivity index (χ1v) is 5.73. The molecule has 0 aliphatic rings. The van der Waals surface area contributed by atoms with Gasteiger partial charge in [0.15, 0.2) is 0 Å². The van der Waals surface area contributed by atoms with Crippen LogP contribution in [-0.2, 0) is 5.41 Å². The fourth-order valence-electron chi connectivity index (χ4n) is 1.98. The lowest BCUT2D eigenvalue weighted by Gasteiger charge is -2.24. The van der Waals surface area contributed by atoms with Crippen molar-refractivity contribution in [2.24, 2.45) is 0 Å². The van der Waals surface area contributed by atoms with Crippen molar-refractivity contribution in [3.8, 4) is 0 Å². The van der Waals surface area contributed by atoms with Gasteiger partial charge >= 0.3 is 0 Å². The van der Waals surface area contributed by atoms with Gasteiger partial charge in [0, 0.05) is 5.92 Å². The second-order valence-electron chi connectivity index (χ2n) is 5.32. The molecule has 0 spiro atoms. The lowest BCUT2D eigenvalue weighted by atomic mass is 9.80.